The summed E-state index contributed by atoms with van der Waals surface area (Å²) in [5, 5.41) is 9.77. The average molecular weight is 1280 g/mol. The number of quaternary nitrogens is 1. The van der Waals surface area contributed by atoms with Gasteiger partial charge < -0.3 is 28.5 Å². The van der Waals surface area contributed by atoms with E-state index in [0.717, 1.165) is 77.0 Å². The fraction of sp³-hybridized carbons (Fsp3) is 0.793. The third-order valence-corrected chi connectivity index (χ3v) is 17.1. The molecule has 0 aromatic rings. The second-order valence-corrected chi connectivity index (χ2v) is 27.3. The first-order chi connectivity index (χ1) is 44.6. The maximum atomic E-state index is 13.0. The molecule has 0 aromatic carbocycles. The highest BCUT2D eigenvalue weighted by atomic mass is 16.7. The van der Waals surface area contributed by atoms with E-state index in [1.807, 2.05) is 21.1 Å². The fourth-order valence-corrected chi connectivity index (χ4v) is 11.3. The zero-order chi connectivity index (χ0) is 66.1. The molecule has 0 heterocycles. The monoisotopic (exact) mass is 1280 g/mol. The van der Waals surface area contributed by atoms with Crippen LogP contribution in [0.5, 0.6) is 0 Å². The van der Waals surface area contributed by atoms with E-state index in [0.29, 0.717) is 17.4 Å². The number of carbonyl (C=O) groups excluding carboxylic acids is 2. The molecule has 0 aromatic heterocycles. The molecule has 0 saturated heterocycles. The summed E-state index contributed by atoms with van der Waals surface area (Å²) >= 11 is 0. The fourth-order valence-electron chi connectivity index (χ4n) is 11.3. The van der Waals surface area contributed by atoms with Crippen LogP contribution >= 0.6 is 0 Å². The van der Waals surface area contributed by atoms with E-state index >= 15 is 0 Å². The molecular weight excluding hydrogens is 1130 g/mol. The summed E-state index contributed by atoms with van der Waals surface area (Å²) in [5.74, 6) is -1.99. The molecule has 0 saturated carbocycles. The Morgan fingerprint density at radius 2 is 0.626 bits per heavy atom. The van der Waals surface area contributed by atoms with Crippen LogP contribution in [0.3, 0.4) is 0 Å². The third-order valence-electron chi connectivity index (χ3n) is 17.1. The van der Waals surface area contributed by atoms with Gasteiger partial charge in [0.1, 0.15) is 13.2 Å². The van der Waals surface area contributed by atoms with Crippen molar-refractivity contribution in [1.29, 1.82) is 0 Å². The maximum Gasteiger partial charge on any atom is 0.361 e. The second-order valence-electron chi connectivity index (χ2n) is 27.3. The lowest BCUT2D eigenvalue weighted by atomic mass is 10.0. The summed E-state index contributed by atoms with van der Waals surface area (Å²) in [6, 6.07) is 0. The quantitative estimate of drug-likeness (QED) is 0.0211. The van der Waals surface area contributed by atoms with E-state index < -0.39 is 18.4 Å². The maximum absolute atomic E-state index is 13.0. The molecule has 2 unspecified atom stereocenters. The Morgan fingerprint density at radius 1 is 0.341 bits per heavy atom. The standard InChI is InChI=1S/C82H147NO8/c1-6-8-10-12-14-16-18-20-22-24-26-28-30-32-34-35-36-37-38-39-40-41-42-43-44-45-47-49-51-53-55-57-59-61-63-65-67-69-71-73-80(85)91-78(77-90-82(81(86)87)88-75-74-83(3,4)5)76-89-79(84)72-70-68-66-64-62-60-58-56-54-52-50-48-46-33-31-29-27-25-23-21-19-17-15-13-11-9-7-2/h8,10,14,16,19-22,25-28,31,33,78,82H,6-7,9,11-13,15,17-18,23-24,29-30,32,34-77H2,1-5H3/p+1/b10-8-,16-14-,21-19-,22-20-,27-25-,28-26-,33-31-. The van der Waals surface area contributed by atoms with Crippen LogP contribution in [0.15, 0.2) is 85.1 Å². The molecule has 0 bridgehead atoms. The Balaban J connectivity index is 3.99. The molecule has 0 amide bonds. The van der Waals surface area contributed by atoms with Gasteiger partial charge in [0.15, 0.2) is 6.10 Å². The van der Waals surface area contributed by atoms with Crippen LogP contribution in [0, 0.1) is 0 Å². The summed E-state index contributed by atoms with van der Waals surface area (Å²) in [6.07, 6.45) is 95.9. The van der Waals surface area contributed by atoms with Crippen molar-refractivity contribution in [2.75, 3.05) is 47.5 Å². The third kappa shape index (κ3) is 73.7. The van der Waals surface area contributed by atoms with E-state index in [9.17, 15) is 19.5 Å². The molecule has 91 heavy (non-hydrogen) atoms. The van der Waals surface area contributed by atoms with E-state index in [-0.39, 0.29) is 38.2 Å². The number of hydrogen-bond acceptors (Lipinski definition) is 7. The Bertz CT molecular complexity index is 1770. The highest BCUT2D eigenvalue weighted by Gasteiger charge is 2.25. The van der Waals surface area contributed by atoms with Crippen LogP contribution < -0.4 is 0 Å². The van der Waals surface area contributed by atoms with Gasteiger partial charge in [0.2, 0.25) is 0 Å². The van der Waals surface area contributed by atoms with Crippen LogP contribution in [0.4, 0.5) is 0 Å². The highest BCUT2D eigenvalue weighted by Crippen LogP contribution is 2.19. The number of likely N-dealkylation sites (N-methyl/N-ethyl adjacent to an activating group) is 1. The number of carbonyl (C=O) groups is 3. The number of esters is 2. The summed E-state index contributed by atoms with van der Waals surface area (Å²) in [6.45, 7) is 4.80. The van der Waals surface area contributed by atoms with Crippen molar-refractivity contribution in [3.8, 4) is 0 Å². The second kappa shape index (κ2) is 72.3. The molecular formula is C82H148NO8+. The molecule has 0 rings (SSSR count). The minimum atomic E-state index is -1.51. The molecule has 2 atom stereocenters. The number of hydrogen-bond donors (Lipinski definition) is 1. The van der Waals surface area contributed by atoms with Crippen LogP contribution in [0.25, 0.3) is 0 Å². The van der Waals surface area contributed by atoms with Crippen molar-refractivity contribution in [1.82, 2.24) is 0 Å². The smallest absolute Gasteiger partial charge is 0.361 e. The van der Waals surface area contributed by atoms with E-state index in [2.05, 4.69) is 98.9 Å². The van der Waals surface area contributed by atoms with Crippen molar-refractivity contribution >= 4 is 17.9 Å². The largest absolute Gasteiger partial charge is 0.477 e. The number of carboxylic acid groups (broad SMARTS) is 1. The van der Waals surface area contributed by atoms with Gasteiger partial charge in [0.05, 0.1) is 34.4 Å². The number of unbranched alkanes of at least 4 members (excludes halogenated alkanes) is 43. The van der Waals surface area contributed by atoms with E-state index in [1.54, 1.807) is 0 Å². The Kier molecular flexibility index (Phi) is 69.5. The molecule has 0 spiro atoms. The summed E-state index contributed by atoms with van der Waals surface area (Å²) in [4.78, 5) is 37.7. The molecule has 9 nitrogen and oxygen atoms in total. The van der Waals surface area contributed by atoms with Gasteiger partial charge >= 0.3 is 17.9 Å². The first-order valence-corrected chi connectivity index (χ1v) is 38.8. The zero-order valence-electron chi connectivity index (χ0n) is 60.5. The normalized spacial score (nSPS) is 13.1. The predicted octanol–water partition coefficient (Wildman–Crippen LogP) is 24.6. The predicted molar refractivity (Wildman–Crippen MR) is 392 cm³/mol. The number of carboxylic acids is 1. The van der Waals surface area contributed by atoms with Crippen molar-refractivity contribution in [2.45, 2.75) is 373 Å². The highest BCUT2D eigenvalue weighted by molar-refractivity contribution is 5.71. The average Bonchev–Trinajstić information content (AvgIpc) is 3.46. The number of allylic oxidation sites excluding steroid dienone is 14. The van der Waals surface area contributed by atoms with Gasteiger partial charge in [0.25, 0.3) is 6.29 Å². The van der Waals surface area contributed by atoms with Gasteiger partial charge in [0, 0.05) is 12.8 Å². The number of ether oxygens (including phenoxy) is 4. The molecule has 0 aliphatic heterocycles. The van der Waals surface area contributed by atoms with Crippen LogP contribution in [0.2, 0.25) is 0 Å². The summed E-state index contributed by atoms with van der Waals surface area (Å²) < 4.78 is 23.0. The topological polar surface area (TPSA) is 108 Å². The first kappa shape index (κ1) is 87.5. The lowest BCUT2D eigenvalue weighted by Crippen LogP contribution is -2.40. The summed E-state index contributed by atoms with van der Waals surface area (Å²) in [5.41, 5.74) is 0. The van der Waals surface area contributed by atoms with Crippen molar-refractivity contribution in [3.63, 3.8) is 0 Å². The molecule has 0 radical (unpaired) electrons. The lowest BCUT2D eigenvalue weighted by molar-refractivity contribution is -0.870. The minimum Gasteiger partial charge on any atom is -0.477 e. The molecule has 1 N–H and O–H groups in total. The zero-order valence-corrected chi connectivity index (χ0v) is 60.5. The number of rotatable bonds is 72. The Labute approximate surface area is 563 Å². The minimum absolute atomic E-state index is 0.181. The molecule has 0 fully saturated rings. The Morgan fingerprint density at radius 3 is 0.934 bits per heavy atom. The van der Waals surface area contributed by atoms with Gasteiger partial charge in [-0.15, -0.1) is 0 Å². The molecule has 9 heteroatoms. The van der Waals surface area contributed by atoms with E-state index in [1.165, 1.54) is 257 Å². The number of nitrogens with zero attached hydrogens (tertiary/aromatic N) is 1. The molecule has 528 valence electrons. The van der Waals surface area contributed by atoms with Crippen molar-refractivity contribution in [2.24, 2.45) is 0 Å². The SMILES string of the molecule is CC/C=C\C/C=C\C/C=C\C/C=C\CCCCCCCCCCCCCCCCCCCCCCCCCCCCC(=O)OC(COC(=O)CCCCCCCCCCCCCC/C=C\C/C=C\C/C=C\CCCCCCC)COC(OCC[N+](C)(C)C)C(=O)O. The molecule has 0 aliphatic carbocycles. The Hall–Kier alpha value is -3.53. The van der Waals surface area contributed by atoms with Crippen LogP contribution in [-0.4, -0.2) is 87.4 Å². The summed E-state index contributed by atoms with van der Waals surface area (Å²) in [7, 11) is 5.99. The van der Waals surface area contributed by atoms with Gasteiger partial charge in [-0.2, -0.15) is 0 Å². The van der Waals surface area contributed by atoms with Crippen molar-refractivity contribution < 1.29 is 42.9 Å². The van der Waals surface area contributed by atoms with Crippen LogP contribution in [-0.2, 0) is 33.3 Å². The van der Waals surface area contributed by atoms with Gasteiger partial charge in [-0.05, 0) is 89.9 Å². The van der Waals surface area contributed by atoms with Gasteiger partial charge in [-0.1, -0.05) is 343 Å². The van der Waals surface area contributed by atoms with Gasteiger partial charge in [-0.25, -0.2) is 4.79 Å². The van der Waals surface area contributed by atoms with Crippen molar-refractivity contribution in [3.05, 3.63) is 85.1 Å². The molecule has 0 aliphatic rings. The first-order valence-electron chi connectivity index (χ1n) is 38.8. The number of aliphatic carboxylic acids is 1. The van der Waals surface area contributed by atoms with Gasteiger partial charge in [-0.3, -0.25) is 9.59 Å². The lowest BCUT2D eigenvalue weighted by Gasteiger charge is -2.25. The van der Waals surface area contributed by atoms with Crippen LogP contribution in [0.1, 0.15) is 361 Å². The van der Waals surface area contributed by atoms with E-state index in [4.69, 9.17) is 18.9 Å².